The largest absolute Gasteiger partial charge is 0.481 e. The van der Waals surface area contributed by atoms with Crippen LogP contribution in [0.4, 0.5) is 0 Å². The molecule has 7 heteroatoms. The number of ether oxygens (including phenoxy) is 2. The maximum absolute atomic E-state index is 12.1. The molecule has 1 aliphatic heterocycles. The van der Waals surface area contributed by atoms with E-state index in [1.807, 2.05) is 12.1 Å². The van der Waals surface area contributed by atoms with E-state index in [1.165, 1.54) is 23.8 Å². The van der Waals surface area contributed by atoms with Crippen molar-refractivity contribution < 1.29 is 19.1 Å². The Labute approximate surface area is 132 Å². The molecule has 1 amide bonds. The summed E-state index contributed by atoms with van der Waals surface area (Å²) in [5.41, 5.74) is 0.716. The smallest absolute Gasteiger partial charge is 0.343 e. The van der Waals surface area contributed by atoms with Crippen LogP contribution in [0.15, 0.2) is 34.2 Å². The molecule has 0 unspecified atom stereocenters. The minimum atomic E-state index is -0.464. The Bertz CT molecular complexity index is 655. The Hall–Kier alpha value is -2.28. The van der Waals surface area contributed by atoms with E-state index < -0.39 is 5.97 Å². The lowest BCUT2D eigenvalue weighted by Crippen LogP contribution is -2.23. The van der Waals surface area contributed by atoms with Crippen molar-refractivity contribution in [2.45, 2.75) is 0 Å². The van der Waals surface area contributed by atoms with Crippen LogP contribution in [0.3, 0.4) is 0 Å². The first-order valence-corrected chi connectivity index (χ1v) is 7.31. The molecule has 2 rings (SSSR count). The van der Waals surface area contributed by atoms with Crippen LogP contribution in [0.1, 0.15) is 5.56 Å². The predicted molar refractivity (Wildman–Crippen MR) is 85.7 cm³/mol. The van der Waals surface area contributed by atoms with Crippen molar-refractivity contribution in [1.82, 2.24) is 4.90 Å². The summed E-state index contributed by atoms with van der Waals surface area (Å²) in [5.74, 6) is -0.0689. The predicted octanol–water partition coefficient (Wildman–Crippen LogP) is 1.77. The molecule has 0 aliphatic carbocycles. The van der Waals surface area contributed by atoms with Gasteiger partial charge in [0.05, 0.1) is 12.0 Å². The van der Waals surface area contributed by atoms with Gasteiger partial charge in [0.2, 0.25) is 0 Å². The number of esters is 1. The van der Waals surface area contributed by atoms with Crippen LogP contribution in [-0.2, 0) is 14.3 Å². The SMILES string of the molecule is CN=C1SC(=Cc2ccccc2OCC(=O)OC)C(=O)N1C. The molecule has 1 heterocycles. The third kappa shape index (κ3) is 3.48. The molecule has 0 saturated carbocycles. The van der Waals surface area contributed by atoms with Crippen LogP contribution < -0.4 is 4.74 Å². The summed E-state index contributed by atoms with van der Waals surface area (Å²) in [6, 6.07) is 7.18. The van der Waals surface area contributed by atoms with Crippen LogP contribution in [0.2, 0.25) is 0 Å². The Balaban J connectivity index is 2.25. The number of benzene rings is 1. The molecular formula is C15H16N2O4S. The van der Waals surface area contributed by atoms with E-state index in [0.29, 0.717) is 21.4 Å². The molecule has 1 aromatic carbocycles. The van der Waals surface area contributed by atoms with E-state index in [0.717, 1.165) is 0 Å². The zero-order valence-corrected chi connectivity index (χ0v) is 13.3. The second-order valence-electron chi connectivity index (χ2n) is 4.38. The fourth-order valence-electron chi connectivity index (χ4n) is 1.82. The number of amides is 1. The van der Waals surface area contributed by atoms with Gasteiger partial charge >= 0.3 is 5.97 Å². The topological polar surface area (TPSA) is 68.2 Å². The van der Waals surface area contributed by atoms with Gasteiger partial charge in [-0.05, 0) is 23.9 Å². The highest BCUT2D eigenvalue weighted by Gasteiger charge is 2.29. The van der Waals surface area contributed by atoms with E-state index in [9.17, 15) is 9.59 Å². The first kappa shape index (κ1) is 16.1. The first-order valence-electron chi connectivity index (χ1n) is 6.50. The first-order chi connectivity index (χ1) is 10.6. The lowest BCUT2D eigenvalue weighted by molar-refractivity contribution is -0.142. The van der Waals surface area contributed by atoms with Crippen LogP contribution >= 0.6 is 11.8 Å². The van der Waals surface area contributed by atoms with Gasteiger partial charge in [0.25, 0.3) is 5.91 Å². The van der Waals surface area contributed by atoms with Crippen LogP contribution in [0.25, 0.3) is 6.08 Å². The van der Waals surface area contributed by atoms with E-state index in [2.05, 4.69) is 9.73 Å². The molecule has 0 atom stereocenters. The molecule has 1 aliphatic rings. The molecule has 1 fully saturated rings. The number of para-hydroxylation sites is 1. The zero-order valence-electron chi connectivity index (χ0n) is 12.5. The average Bonchev–Trinajstić information content (AvgIpc) is 2.81. The number of methoxy groups -OCH3 is 1. The second-order valence-corrected chi connectivity index (χ2v) is 5.39. The van der Waals surface area contributed by atoms with Crippen LogP contribution in [0.5, 0.6) is 5.75 Å². The van der Waals surface area contributed by atoms with Gasteiger partial charge in [0, 0.05) is 19.7 Å². The van der Waals surface area contributed by atoms with Gasteiger partial charge in [0.15, 0.2) is 11.8 Å². The third-order valence-electron chi connectivity index (χ3n) is 2.97. The molecule has 0 radical (unpaired) electrons. The van der Waals surface area contributed by atoms with Crippen LogP contribution in [-0.4, -0.2) is 49.8 Å². The number of nitrogens with zero attached hydrogens (tertiary/aromatic N) is 2. The summed E-state index contributed by atoms with van der Waals surface area (Å²) in [5, 5.41) is 0.643. The quantitative estimate of drug-likeness (QED) is 0.625. The van der Waals surface area contributed by atoms with Gasteiger partial charge < -0.3 is 9.47 Å². The van der Waals surface area contributed by atoms with Gasteiger partial charge in [-0.1, -0.05) is 18.2 Å². The van der Waals surface area contributed by atoms with Crippen molar-refractivity contribution in [3.63, 3.8) is 0 Å². The van der Waals surface area contributed by atoms with Gasteiger partial charge in [-0.15, -0.1) is 0 Å². The fourth-order valence-corrected chi connectivity index (χ4v) is 2.74. The summed E-state index contributed by atoms with van der Waals surface area (Å²) >= 11 is 1.30. The molecule has 0 N–H and O–H groups in total. The number of aliphatic imine (C=N–C) groups is 1. The summed E-state index contributed by atoms with van der Waals surface area (Å²) in [6.07, 6.45) is 1.73. The number of carbonyl (C=O) groups is 2. The van der Waals surface area contributed by atoms with Crippen molar-refractivity contribution in [3.05, 3.63) is 34.7 Å². The standard InChI is InChI=1S/C15H16N2O4S/c1-16-15-17(2)14(19)12(22-15)8-10-6-4-5-7-11(10)21-9-13(18)20-3/h4-8H,9H2,1-3H3. The monoisotopic (exact) mass is 320 g/mol. The Kier molecular flexibility index (Phi) is 5.21. The number of carbonyl (C=O) groups excluding carboxylic acids is 2. The van der Waals surface area contributed by atoms with E-state index >= 15 is 0 Å². The molecule has 0 aromatic heterocycles. The molecule has 1 saturated heterocycles. The number of rotatable bonds is 4. The van der Waals surface area contributed by atoms with Gasteiger partial charge in [-0.3, -0.25) is 14.7 Å². The number of amidine groups is 1. The number of hydrogen-bond donors (Lipinski definition) is 0. The second kappa shape index (κ2) is 7.13. The molecule has 6 nitrogen and oxygen atoms in total. The van der Waals surface area contributed by atoms with Crippen molar-refractivity contribution >= 4 is 34.9 Å². The molecule has 22 heavy (non-hydrogen) atoms. The van der Waals surface area contributed by atoms with Crippen molar-refractivity contribution in [1.29, 1.82) is 0 Å². The highest BCUT2D eigenvalue weighted by atomic mass is 32.2. The normalized spacial score (nSPS) is 18.1. The van der Waals surface area contributed by atoms with E-state index in [-0.39, 0.29) is 12.5 Å². The van der Waals surface area contributed by atoms with Crippen LogP contribution in [0, 0.1) is 0 Å². The molecule has 1 aromatic rings. The summed E-state index contributed by atoms with van der Waals surface area (Å²) in [6.45, 7) is -0.181. The van der Waals surface area contributed by atoms with Crippen molar-refractivity contribution in [2.75, 3.05) is 27.8 Å². The number of hydrogen-bond acceptors (Lipinski definition) is 6. The van der Waals surface area contributed by atoms with E-state index in [1.54, 1.807) is 32.3 Å². The Morgan fingerprint density at radius 1 is 1.41 bits per heavy atom. The third-order valence-corrected chi connectivity index (χ3v) is 4.13. The minimum Gasteiger partial charge on any atom is -0.481 e. The lowest BCUT2D eigenvalue weighted by atomic mass is 10.2. The molecule has 0 spiro atoms. The lowest BCUT2D eigenvalue weighted by Gasteiger charge is -2.08. The Morgan fingerprint density at radius 2 is 2.14 bits per heavy atom. The highest BCUT2D eigenvalue weighted by molar-refractivity contribution is 8.18. The summed E-state index contributed by atoms with van der Waals surface area (Å²) in [7, 11) is 4.62. The summed E-state index contributed by atoms with van der Waals surface area (Å²) < 4.78 is 9.98. The van der Waals surface area contributed by atoms with Crippen molar-refractivity contribution in [2.24, 2.45) is 4.99 Å². The number of likely N-dealkylation sites (N-methyl/N-ethyl adjacent to an activating group) is 1. The van der Waals surface area contributed by atoms with Gasteiger partial charge in [0.1, 0.15) is 5.75 Å². The zero-order chi connectivity index (χ0) is 16.1. The molecule has 0 bridgehead atoms. The minimum absolute atomic E-state index is 0.117. The average molecular weight is 320 g/mol. The highest BCUT2D eigenvalue weighted by Crippen LogP contribution is 2.33. The van der Waals surface area contributed by atoms with Gasteiger partial charge in [-0.25, -0.2) is 4.79 Å². The number of thioether (sulfide) groups is 1. The van der Waals surface area contributed by atoms with Gasteiger partial charge in [-0.2, -0.15) is 0 Å². The fraction of sp³-hybridized carbons (Fsp3) is 0.267. The summed E-state index contributed by atoms with van der Waals surface area (Å²) in [4.78, 5) is 29.4. The maximum atomic E-state index is 12.1. The maximum Gasteiger partial charge on any atom is 0.343 e. The Morgan fingerprint density at radius 3 is 2.77 bits per heavy atom. The molecular weight excluding hydrogens is 304 g/mol. The van der Waals surface area contributed by atoms with E-state index in [4.69, 9.17) is 4.74 Å². The molecule has 116 valence electrons. The van der Waals surface area contributed by atoms with Crippen molar-refractivity contribution in [3.8, 4) is 5.75 Å².